The van der Waals surface area contributed by atoms with E-state index in [0.717, 1.165) is 11.1 Å². The van der Waals surface area contributed by atoms with E-state index < -0.39 is 10.9 Å². The van der Waals surface area contributed by atoms with E-state index in [1.54, 1.807) is 30.3 Å². The van der Waals surface area contributed by atoms with Gasteiger partial charge in [0, 0.05) is 16.3 Å². The molecule has 140 valence electrons. The predicted octanol–water partition coefficient (Wildman–Crippen LogP) is 3.97. The first-order valence-corrected chi connectivity index (χ1v) is 9.06. The molecule has 0 aliphatic carbocycles. The van der Waals surface area contributed by atoms with E-state index in [9.17, 15) is 14.7 Å². The number of aromatic hydroxyl groups is 1. The molecule has 0 aromatic heterocycles. The van der Waals surface area contributed by atoms with E-state index in [2.05, 4.69) is 25.8 Å². The molecular weight excluding hydrogens is 338 g/mol. The lowest BCUT2D eigenvalue weighted by Gasteiger charge is -2.26. The number of nitrogens with zero attached hydrogens (tertiary/aromatic N) is 1. The summed E-state index contributed by atoms with van der Waals surface area (Å²) in [6, 6.07) is 10.5. The van der Waals surface area contributed by atoms with Gasteiger partial charge in [-0.15, -0.1) is 0 Å². The van der Waals surface area contributed by atoms with Gasteiger partial charge in [-0.2, -0.15) is 0 Å². The van der Waals surface area contributed by atoms with Crippen molar-refractivity contribution in [3.63, 3.8) is 0 Å². The molecule has 1 N–H and O–H groups in total. The molecule has 0 radical (unpaired) electrons. The Hall–Kier alpha value is -2.75. The number of fused-ring (bicyclic) bond motifs is 1. The van der Waals surface area contributed by atoms with E-state index in [-0.39, 0.29) is 27.6 Å². The van der Waals surface area contributed by atoms with Crippen LogP contribution >= 0.6 is 0 Å². The molecule has 4 nitrogen and oxygen atoms in total. The maximum Gasteiger partial charge on any atom is 0.216 e. The lowest BCUT2D eigenvalue weighted by atomic mass is 9.80. The minimum Gasteiger partial charge on any atom is -0.505 e. The summed E-state index contributed by atoms with van der Waals surface area (Å²) in [4.78, 5) is 29.7. The zero-order valence-electron chi connectivity index (χ0n) is 16.7. The first-order valence-electron chi connectivity index (χ1n) is 9.06. The highest BCUT2D eigenvalue weighted by atomic mass is 16.3. The smallest absolute Gasteiger partial charge is 0.216 e. The number of rotatable bonds is 1. The average Bonchev–Trinajstić information content (AvgIpc) is 2.80. The van der Waals surface area contributed by atoms with Crippen LogP contribution in [0.3, 0.4) is 0 Å². The van der Waals surface area contributed by atoms with Crippen molar-refractivity contribution in [3.8, 4) is 5.75 Å². The fourth-order valence-electron chi connectivity index (χ4n) is 3.17. The molecule has 3 aromatic carbocycles. The van der Waals surface area contributed by atoms with E-state index in [1.165, 1.54) is 0 Å². The van der Waals surface area contributed by atoms with Crippen molar-refractivity contribution in [2.24, 2.45) is 4.99 Å². The molecule has 0 aliphatic rings. The monoisotopic (exact) mass is 363 g/mol. The maximum atomic E-state index is 12.7. The molecule has 0 spiro atoms. The second kappa shape index (κ2) is 6.15. The molecule has 0 saturated heterocycles. The summed E-state index contributed by atoms with van der Waals surface area (Å²) in [6.45, 7) is 12.2. The predicted molar refractivity (Wildman–Crippen MR) is 110 cm³/mol. The molecule has 0 bridgehead atoms. The van der Waals surface area contributed by atoms with Crippen molar-refractivity contribution >= 4 is 16.5 Å². The number of benzene rings is 2. The highest BCUT2D eigenvalue weighted by Crippen LogP contribution is 2.41. The van der Waals surface area contributed by atoms with Crippen LogP contribution in [-0.2, 0) is 10.8 Å². The summed E-state index contributed by atoms with van der Waals surface area (Å²) >= 11 is 0. The van der Waals surface area contributed by atoms with Crippen LogP contribution in [0, 0.1) is 0 Å². The second-order valence-electron chi connectivity index (χ2n) is 9.06. The van der Waals surface area contributed by atoms with Gasteiger partial charge in [0.1, 0.15) is 11.4 Å². The van der Waals surface area contributed by atoms with Crippen LogP contribution < -0.4 is 16.2 Å². The average molecular weight is 363 g/mol. The summed E-state index contributed by atoms with van der Waals surface area (Å²) in [5.41, 5.74) is 0.714. The van der Waals surface area contributed by atoms with Crippen LogP contribution in [0.2, 0.25) is 0 Å². The van der Waals surface area contributed by atoms with Crippen LogP contribution in [0.4, 0.5) is 5.69 Å². The highest BCUT2D eigenvalue weighted by Gasteiger charge is 2.25. The fourth-order valence-corrected chi connectivity index (χ4v) is 3.17. The molecule has 4 heteroatoms. The van der Waals surface area contributed by atoms with E-state index >= 15 is 0 Å². The largest absolute Gasteiger partial charge is 0.505 e. The summed E-state index contributed by atoms with van der Waals surface area (Å²) in [5.74, 6) is 0.0135. The first kappa shape index (κ1) is 19.0. The summed E-state index contributed by atoms with van der Waals surface area (Å²) < 4.78 is 0. The number of phenols is 1. The highest BCUT2D eigenvalue weighted by molar-refractivity contribution is 5.83. The third-order valence-electron chi connectivity index (χ3n) is 4.84. The second-order valence-corrected chi connectivity index (χ2v) is 9.06. The van der Waals surface area contributed by atoms with Crippen molar-refractivity contribution in [2.45, 2.75) is 52.4 Å². The number of hydrogen-bond donors (Lipinski definition) is 1. The Morgan fingerprint density at radius 3 is 1.78 bits per heavy atom. The Morgan fingerprint density at radius 2 is 1.33 bits per heavy atom. The van der Waals surface area contributed by atoms with Gasteiger partial charge in [-0.3, -0.25) is 9.59 Å². The van der Waals surface area contributed by atoms with Crippen molar-refractivity contribution in [1.29, 1.82) is 0 Å². The zero-order chi connectivity index (χ0) is 20.1. The van der Waals surface area contributed by atoms with E-state index in [4.69, 9.17) is 0 Å². The van der Waals surface area contributed by atoms with Gasteiger partial charge < -0.3 is 5.11 Å². The van der Waals surface area contributed by atoms with E-state index in [0.29, 0.717) is 10.8 Å². The summed E-state index contributed by atoms with van der Waals surface area (Å²) in [7, 11) is 0. The molecular formula is C23H25NO3. The van der Waals surface area contributed by atoms with Gasteiger partial charge in [0.25, 0.3) is 0 Å². The molecule has 3 aromatic rings. The first-order chi connectivity index (χ1) is 12.4. The van der Waals surface area contributed by atoms with Crippen molar-refractivity contribution in [2.75, 3.05) is 0 Å². The van der Waals surface area contributed by atoms with Gasteiger partial charge in [0.05, 0.1) is 0 Å². The Morgan fingerprint density at radius 1 is 0.815 bits per heavy atom. The lowest BCUT2D eigenvalue weighted by Crippen LogP contribution is -2.31. The molecule has 0 atom stereocenters. The molecule has 0 unspecified atom stereocenters. The van der Waals surface area contributed by atoms with E-state index in [1.807, 2.05) is 26.8 Å². The molecule has 0 saturated carbocycles. The Balaban J connectivity index is 2.41. The van der Waals surface area contributed by atoms with Crippen LogP contribution in [0.1, 0.15) is 52.7 Å². The van der Waals surface area contributed by atoms with Crippen LogP contribution in [-0.4, -0.2) is 5.11 Å². The molecule has 0 heterocycles. The minimum atomic E-state index is -0.395. The van der Waals surface area contributed by atoms with Gasteiger partial charge in [-0.05, 0) is 22.5 Å². The van der Waals surface area contributed by atoms with Gasteiger partial charge in [0.15, 0.2) is 5.36 Å². The molecule has 0 fully saturated rings. The molecule has 0 amide bonds. The molecule has 27 heavy (non-hydrogen) atoms. The van der Waals surface area contributed by atoms with Crippen molar-refractivity contribution < 1.29 is 5.11 Å². The Bertz CT molecular complexity index is 1130. The van der Waals surface area contributed by atoms with Crippen LogP contribution in [0.5, 0.6) is 5.75 Å². The maximum absolute atomic E-state index is 12.7. The van der Waals surface area contributed by atoms with Crippen LogP contribution in [0.25, 0.3) is 10.8 Å². The summed E-state index contributed by atoms with van der Waals surface area (Å²) in [6.07, 6.45) is 0. The van der Waals surface area contributed by atoms with Crippen molar-refractivity contribution in [1.82, 2.24) is 0 Å². The quantitative estimate of drug-likeness (QED) is 0.711. The molecule has 3 rings (SSSR count). The number of hydrogen-bond acceptors (Lipinski definition) is 4. The lowest BCUT2D eigenvalue weighted by molar-refractivity contribution is 0.446. The zero-order valence-corrected chi connectivity index (χ0v) is 16.7. The standard InChI is InChI=1S/C23H25NO3/c1-22(2,3)13-11-16(23(4,5)6)21(27)17(12-13)24-18-19(25)14-9-7-8-10-15(14)20(18)26/h7-12,27H,1-6H3. The van der Waals surface area contributed by atoms with Gasteiger partial charge in [0.2, 0.25) is 10.9 Å². The normalized spacial score (nSPS) is 12.5. The van der Waals surface area contributed by atoms with Crippen molar-refractivity contribution in [3.05, 3.63) is 73.3 Å². The minimum absolute atomic E-state index is 0.0135. The van der Waals surface area contributed by atoms with Crippen LogP contribution in [0.15, 0.2) is 51.0 Å². The summed E-state index contributed by atoms with van der Waals surface area (Å²) in [5, 5.41) is 11.4. The third kappa shape index (κ3) is 3.32. The van der Waals surface area contributed by atoms with Gasteiger partial charge in [-0.25, -0.2) is 4.99 Å². The third-order valence-corrected chi connectivity index (χ3v) is 4.84. The number of phenolic OH excluding ortho intramolecular Hbond substituents is 1. The molecule has 0 aliphatic heterocycles. The van der Waals surface area contributed by atoms with Gasteiger partial charge >= 0.3 is 0 Å². The fraction of sp³-hybridized carbons (Fsp3) is 0.348. The topological polar surface area (TPSA) is 66.7 Å². The SMILES string of the molecule is CC(C)(C)c1cc(N=c2c(=O)c3ccccc3c2=O)c(O)c(C(C)(C)C)c1. The Kier molecular flexibility index (Phi) is 4.34. The Labute approximate surface area is 158 Å². The van der Waals surface area contributed by atoms with Gasteiger partial charge in [-0.1, -0.05) is 71.9 Å².